The first-order valence-electron chi connectivity index (χ1n) is 6.74. The third-order valence-corrected chi connectivity index (χ3v) is 3.40. The van der Waals surface area contributed by atoms with Crippen LogP contribution < -0.4 is 16.2 Å². The maximum absolute atomic E-state index is 11.7. The quantitative estimate of drug-likeness (QED) is 0.370. The highest BCUT2D eigenvalue weighted by Gasteiger charge is 2.24. The Kier molecular flexibility index (Phi) is 4.71. The van der Waals surface area contributed by atoms with Crippen LogP contribution in [0.4, 0.5) is 17.5 Å². The van der Waals surface area contributed by atoms with Gasteiger partial charge in [-0.25, -0.2) is 0 Å². The summed E-state index contributed by atoms with van der Waals surface area (Å²) < 4.78 is 5.58. The highest BCUT2D eigenvalue weighted by Crippen LogP contribution is 2.32. The Balaban J connectivity index is 2.20. The van der Waals surface area contributed by atoms with Gasteiger partial charge in [-0.05, 0) is 23.6 Å². The van der Waals surface area contributed by atoms with Gasteiger partial charge in [0.1, 0.15) is 0 Å². The second-order valence-electron chi connectivity index (χ2n) is 4.91. The molecule has 0 aromatic carbocycles. The van der Waals surface area contributed by atoms with Crippen LogP contribution in [0.1, 0.15) is 32.1 Å². The molecule has 1 heterocycles. The van der Waals surface area contributed by atoms with Gasteiger partial charge < -0.3 is 21.4 Å². The molecular weight excluding hydrogens is 274 g/mol. The number of aromatic nitrogens is 2. The van der Waals surface area contributed by atoms with Crippen molar-refractivity contribution in [2.75, 3.05) is 18.1 Å². The fraction of sp³-hybridized carbons (Fsp3) is 0.583. The van der Waals surface area contributed by atoms with Crippen LogP contribution in [0, 0.1) is 22.6 Å². The lowest BCUT2D eigenvalue weighted by Gasteiger charge is -2.21. The lowest BCUT2D eigenvalue weighted by molar-refractivity contribution is -0.435. The lowest BCUT2D eigenvalue weighted by Crippen LogP contribution is -2.17. The van der Waals surface area contributed by atoms with Crippen molar-refractivity contribution in [3.63, 3.8) is 0 Å². The molecule has 1 aromatic heterocycles. The molecule has 0 bridgehead atoms. The summed E-state index contributed by atoms with van der Waals surface area (Å²) in [7, 11) is 0. The molecule has 9 nitrogen and oxygen atoms in total. The van der Waals surface area contributed by atoms with Crippen LogP contribution >= 0.6 is 0 Å². The van der Waals surface area contributed by atoms with Crippen molar-refractivity contribution in [1.82, 2.24) is 9.97 Å². The Morgan fingerprint density at radius 2 is 2.05 bits per heavy atom. The third kappa shape index (κ3) is 3.68. The molecule has 0 spiro atoms. The number of azo groups is 1. The van der Waals surface area contributed by atoms with Crippen LogP contribution in [0.15, 0.2) is 5.11 Å². The number of nitriles is 1. The van der Waals surface area contributed by atoms with E-state index in [0.717, 1.165) is 12.8 Å². The number of nitrogens with zero attached hydrogens (tertiary/aromatic N) is 5. The predicted molar refractivity (Wildman–Crippen MR) is 74.3 cm³/mol. The Morgan fingerprint density at radius 1 is 1.33 bits per heavy atom. The molecule has 1 aliphatic carbocycles. The van der Waals surface area contributed by atoms with Gasteiger partial charge in [-0.1, -0.05) is 19.3 Å². The number of anilines is 2. The predicted octanol–water partition coefficient (Wildman–Crippen LogP) is 1.68. The molecule has 21 heavy (non-hydrogen) atoms. The molecule has 9 heteroatoms. The van der Waals surface area contributed by atoms with E-state index >= 15 is 0 Å². The van der Waals surface area contributed by atoms with Crippen LogP contribution in [0.2, 0.25) is 0 Å². The molecule has 1 aromatic rings. The van der Waals surface area contributed by atoms with Crippen LogP contribution in [-0.4, -0.2) is 21.4 Å². The number of rotatable bonds is 4. The second kappa shape index (κ2) is 6.69. The van der Waals surface area contributed by atoms with Gasteiger partial charge in [0.05, 0.1) is 11.7 Å². The molecule has 112 valence electrons. The van der Waals surface area contributed by atoms with Gasteiger partial charge in [-0.2, -0.15) is 15.2 Å². The number of hydrogen-bond donors (Lipinski definition) is 2. The molecule has 0 saturated heterocycles. The van der Waals surface area contributed by atoms with Crippen LogP contribution in [0.3, 0.4) is 0 Å². The van der Waals surface area contributed by atoms with Gasteiger partial charge in [0.15, 0.2) is 0 Å². The van der Waals surface area contributed by atoms with E-state index in [9.17, 15) is 5.21 Å². The van der Waals surface area contributed by atoms with Crippen molar-refractivity contribution < 1.29 is 9.60 Å². The minimum absolute atomic E-state index is 0.0421. The van der Waals surface area contributed by atoms with E-state index in [2.05, 4.69) is 15.1 Å². The van der Waals surface area contributed by atoms with E-state index in [1.807, 2.05) is 0 Å². The number of nitrogens with two attached hydrogens (primary N) is 2. The Hall–Kier alpha value is -2.63. The molecule has 1 fully saturated rings. The van der Waals surface area contributed by atoms with Gasteiger partial charge in [0, 0.05) is 0 Å². The van der Waals surface area contributed by atoms with Crippen LogP contribution in [0.5, 0.6) is 5.88 Å². The topological polar surface area (TPSA) is 149 Å². The molecule has 2 rings (SSSR count). The summed E-state index contributed by atoms with van der Waals surface area (Å²) in [5.74, 6) is 0.104. The number of hydrogen-bond acceptors (Lipinski definition) is 8. The standard InChI is InChI=1S/C12H17N7O2/c13-7-16-19(20)9-10(14)17-12(15)18-11(9)21-6-8-4-2-1-3-5-8/h8H,1-6H2,(H4,14,15,17,18). The summed E-state index contributed by atoms with van der Waals surface area (Å²) in [4.78, 5) is 7.61. The maximum atomic E-state index is 11.7. The van der Waals surface area contributed by atoms with Gasteiger partial charge in [0.2, 0.25) is 11.8 Å². The molecule has 0 amide bonds. The van der Waals surface area contributed by atoms with Crippen molar-refractivity contribution in [2.24, 2.45) is 11.0 Å². The third-order valence-electron chi connectivity index (χ3n) is 3.40. The zero-order valence-corrected chi connectivity index (χ0v) is 11.5. The maximum Gasteiger partial charge on any atom is 0.349 e. The normalized spacial score (nSPS) is 16.4. The fourth-order valence-electron chi connectivity index (χ4n) is 2.39. The monoisotopic (exact) mass is 291 g/mol. The Morgan fingerprint density at radius 3 is 2.71 bits per heavy atom. The molecule has 0 aliphatic heterocycles. The van der Waals surface area contributed by atoms with Gasteiger partial charge in [0.25, 0.3) is 12.1 Å². The van der Waals surface area contributed by atoms with Gasteiger partial charge in [-0.3, -0.25) is 0 Å². The van der Waals surface area contributed by atoms with Crippen molar-refractivity contribution >= 4 is 17.5 Å². The summed E-state index contributed by atoms with van der Waals surface area (Å²) in [5, 5.41) is 23.2. The van der Waals surface area contributed by atoms with E-state index in [1.54, 1.807) is 0 Å². The molecule has 1 aliphatic rings. The summed E-state index contributed by atoms with van der Waals surface area (Å²) in [5.41, 5.74) is 11.0. The van der Waals surface area contributed by atoms with Gasteiger partial charge >= 0.3 is 5.69 Å². The first kappa shape index (κ1) is 14.8. The molecule has 4 N–H and O–H groups in total. The van der Waals surface area contributed by atoms with E-state index in [4.69, 9.17) is 21.5 Å². The van der Waals surface area contributed by atoms with E-state index in [1.165, 1.54) is 25.5 Å². The van der Waals surface area contributed by atoms with Crippen LogP contribution in [0.25, 0.3) is 0 Å². The summed E-state index contributed by atoms with van der Waals surface area (Å²) in [6, 6.07) is 0. The summed E-state index contributed by atoms with van der Waals surface area (Å²) >= 11 is 0. The highest BCUT2D eigenvalue weighted by molar-refractivity contribution is 5.60. The average molecular weight is 291 g/mol. The summed E-state index contributed by atoms with van der Waals surface area (Å²) in [6.45, 7) is 0.420. The Bertz CT molecular complexity index is 576. The van der Waals surface area contributed by atoms with E-state index in [0.29, 0.717) is 12.5 Å². The van der Waals surface area contributed by atoms with Crippen LogP contribution in [-0.2, 0) is 0 Å². The minimum atomic E-state index is -0.193. The molecular formula is C12H17N7O2. The van der Waals surface area contributed by atoms with E-state index < -0.39 is 0 Å². The molecule has 0 unspecified atom stereocenters. The smallest absolute Gasteiger partial charge is 0.349 e. The number of nitrogen functional groups attached to an aromatic ring is 2. The molecule has 1 saturated carbocycles. The van der Waals surface area contributed by atoms with Gasteiger partial charge in [-0.15, -0.1) is 0 Å². The summed E-state index contributed by atoms with van der Waals surface area (Å²) in [6.07, 6.45) is 7.12. The average Bonchev–Trinajstić information content (AvgIpc) is 2.45. The zero-order chi connectivity index (χ0) is 15.2. The van der Waals surface area contributed by atoms with E-state index in [-0.39, 0.29) is 28.2 Å². The van der Waals surface area contributed by atoms with Crippen molar-refractivity contribution in [3.05, 3.63) is 5.21 Å². The number of ether oxygens (including phenoxy) is 1. The van der Waals surface area contributed by atoms with Crippen molar-refractivity contribution in [3.8, 4) is 12.1 Å². The first-order valence-corrected chi connectivity index (χ1v) is 6.74. The second-order valence-corrected chi connectivity index (χ2v) is 4.91. The lowest BCUT2D eigenvalue weighted by atomic mass is 9.90. The molecule has 0 atom stereocenters. The Labute approximate surface area is 121 Å². The molecule has 0 radical (unpaired) electrons. The first-order chi connectivity index (χ1) is 10.1. The SMILES string of the molecule is N#CN=[N+]([O-])c1c(N)nc(N)nc1OCC1CCCCC1. The van der Waals surface area contributed by atoms with Crippen molar-refractivity contribution in [1.29, 1.82) is 5.26 Å². The van der Waals surface area contributed by atoms with Crippen molar-refractivity contribution in [2.45, 2.75) is 32.1 Å². The minimum Gasteiger partial charge on any atom is -0.593 e. The zero-order valence-electron chi connectivity index (χ0n) is 11.5. The largest absolute Gasteiger partial charge is 0.593 e. The highest BCUT2D eigenvalue weighted by atomic mass is 16.5. The fourth-order valence-corrected chi connectivity index (χ4v) is 2.39.